The zero-order valence-corrected chi connectivity index (χ0v) is 36.5. The summed E-state index contributed by atoms with van der Waals surface area (Å²) in [4.78, 5) is 71.7. The van der Waals surface area contributed by atoms with Crippen molar-refractivity contribution in [2.75, 3.05) is 25.0 Å². The zero-order valence-electron chi connectivity index (χ0n) is 36.5. The molecule has 0 spiro atoms. The number of aromatic nitrogens is 5. The van der Waals surface area contributed by atoms with Crippen LogP contribution >= 0.6 is 0 Å². The molecule has 0 bridgehead atoms. The lowest BCUT2D eigenvalue weighted by atomic mass is 9.81. The molecule has 2 fully saturated rings. The number of likely N-dealkylation sites (tertiary alicyclic amines) is 1. The van der Waals surface area contributed by atoms with Gasteiger partial charge in [-0.25, -0.2) is 14.6 Å². The molecule has 2 aromatic heterocycles. The van der Waals surface area contributed by atoms with Gasteiger partial charge in [-0.1, -0.05) is 30.3 Å². The number of pyridine rings is 1. The number of hydrogen-bond acceptors (Lipinski definition) is 11. The minimum absolute atomic E-state index is 0.188. The second kappa shape index (κ2) is 19.5. The van der Waals surface area contributed by atoms with Crippen LogP contribution in [0.25, 0.3) is 22.5 Å². The fourth-order valence-corrected chi connectivity index (χ4v) is 7.56. The van der Waals surface area contributed by atoms with Crippen molar-refractivity contribution in [2.45, 2.75) is 110 Å². The minimum atomic E-state index is -0.880. The summed E-state index contributed by atoms with van der Waals surface area (Å²) < 4.78 is 10.8. The molecule has 5 amide bonds. The van der Waals surface area contributed by atoms with Crippen LogP contribution in [0.2, 0.25) is 0 Å². The van der Waals surface area contributed by atoms with Gasteiger partial charge in [-0.15, -0.1) is 10.2 Å². The molecule has 17 heteroatoms. The Kier molecular flexibility index (Phi) is 14.2. The summed E-state index contributed by atoms with van der Waals surface area (Å²) in [5, 5.41) is 25.9. The smallest absolute Gasteiger partial charge is 0.410 e. The lowest BCUT2D eigenvalue weighted by Crippen LogP contribution is -2.48. The third-order valence-corrected chi connectivity index (χ3v) is 10.7. The predicted molar refractivity (Wildman–Crippen MR) is 232 cm³/mol. The number of aryl methyl sites for hydroxylation is 1. The maximum Gasteiger partial charge on any atom is 0.410 e. The quantitative estimate of drug-likeness (QED) is 0.112. The van der Waals surface area contributed by atoms with Gasteiger partial charge in [-0.3, -0.25) is 14.4 Å². The Morgan fingerprint density at radius 2 is 1.52 bits per heavy atom. The van der Waals surface area contributed by atoms with Crippen LogP contribution in [0.1, 0.15) is 95.4 Å². The molecular weight excluding hydrogens is 793 g/mol. The van der Waals surface area contributed by atoms with Gasteiger partial charge in [0.15, 0.2) is 0 Å². The largest absolute Gasteiger partial charge is 0.444 e. The van der Waals surface area contributed by atoms with Gasteiger partial charge in [0.2, 0.25) is 17.6 Å². The van der Waals surface area contributed by atoms with Crippen LogP contribution in [0.4, 0.5) is 15.3 Å². The number of benzene rings is 2. The summed E-state index contributed by atoms with van der Waals surface area (Å²) in [6, 6.07) is 17.2. The number of nitrogens with one attached hydrogen (secondary N) is 5. The van der Waals surface area contributed by atoms with Crippen LogP contribution in [-0.4, -0.2) is 103 Å². The van der Waals surface area contributed by atoms with E-state index < -0.39 is 29.4 Å². The number of aromatic amines is 1. The van der Waals surface area contributed by atoms with Crippen LogP contribution in [0.3, 0.4) is 0 Å². The molecule has 0 radical (unpaired) electrons. The fourth-order valence-electron chi connectivity index (χ4n) is 7.56. The van der Waals surface area contributed by atoms with Crippen LogP contribution in [0.5, 0.6) is 0 Å². The third kappa shape index (κ3) is 12.8. The first-order chi connectivity index (χ1) is 29.4. The molecule has 1 aliphatic heterocycles. The van der Waals surface area contributed by atoms with E-state index in [0.717, 1.165) is 35.1 Å². The molecular formula is C45H58N10O7. The van der Waals surface area contributed by atoms with Crippen molar-refractivity contribution < 1.29 is 33.4 Å². The van der Waals surface area contributed by atoms with Gasteiger partial charge in [-0.05, 0) is 133 Å². The number of carbonyl (C=O) groups is 5. The molecule has 62 heavy (non-hydrogen) atoms. The summed E-state index contributed by atoms with van der Waals surface area (Å²) in [6.07, 6.45) is 2.78. The molecule has 3 heterocycles. The van der Waals surface area contributed by atoms with Crippen molar-refractivity contribution in [1.82, 2.24) is 46.5 Å². The Hall–Kier alpha value is -6.39. The molecule has 1 saturated heterocycles. The van der Waals surface area contributed by atoms with Crippen molar-refractivity contribution in [2.24, 2.45) is 11.8 Å². The highest BCUT2D eigenvalue weighted by atomic mass is 16.6. The van der Waals surface area contributed by atoms with Crippen molar-refractivity contribution in [1.29, 1.82) is 0 Å². The van der Waals surface area contributed by atoms with Crippen LogP contribution in [0, 0.1) is 18.8 Å². The summed E-state index contributed by atoms with van der Waals surface area (Å²) >= 11 is 0. The molecule has 17 nitrogen and oxygen atoms in total. The molecule has 0 unspecified atom stereocenters. The first kappa shape index (κ1) is 45.1. The van der Waals surface area contributed by atoms with E-state index in [0.29, 0.717) is 56.1 Å². The lowest BCUT2D eigenvalue weighted by molar-refractivity contribution is -0.130. The number of tetrazole rings is 1. The Morgan fingerprint density at radius 1 is 0.839 bits per heavy atom. The van der Waals surface area contributed by atoms with Crippen molar-refractivity contribution in [3.63, 3.8) is 0 Å². The second-order valence-corrected chi connectivity index (χ2v) is 18.1. The van der Waals surface area contributed by atoms with Crippen molar-refractivity contribution in [3.8, 4) is 22.5 Å². The number of alkyl carbamates (subject to hydrolysis) is 1. The third-order valence-electron chi connectivity index (χ3n) is 10.7. The summed E-state index contributed by atoms with van der Waals surface area (Å²) in [5.74, 6) is -0.495. The van der Waals surface area contributed by atoms with E-state index in [1.807, 2.05) is 78.8 Å². The van der Waals surface area contributed by atoms with Crippen molar-refractivity contribution >= 4 is 35.6 Å². The number of anilines is 1. The van der Waals surface area contributed by atoms with E-state index in [1.165, 1.54) is 0 Å². The zero-order chi connectivity index (χ0) is 44.6. The summed E-state index contributed by atoms with van der Waals surface area (Å²) in [5.41, 5.74) is 3.57. The number of nitrogens with zero attached hydrogens (tertiary/aromatic N) is 5. The van der Waals surface area contributed by atoms with E-state index in [9.17, 15) is 24.0 Å². The predicted octanol–water partition coefficient (Wildman–Crippen LogP) is 5.97. The average molecular weight is 851 g/mol. The number of rotatable bonds is 12. The van der Waals surface area contributed by atoms with E-state index >= 15 is 0 Å². The molecule has 1 aliphatic carbocycles. The number of amides is 5. The summed E-state index contributed by atoms with van der Waals surface area (Å²) in [6.45, 7) is 14.1. The first-order valence-corrected chi connectivity index (χ1v) is 21.2. The molecule has 1 saturated carbocycles. The number of H-pyrrole nitrogens is 1. The molecule has 6 rings (SSSR count). The van der Waals surface area contributed by atoms with Gasteiger partial charge in [0.25, 0.3) is 5.91 Å². The molecule has 2 atom stereocenters. The van der Waals surface area contributed by atoms with Gasteiger partial charge >= 0.3 is 12.2 Å². The Morgan fingerprint density at radius 3 is 2.15 bits per heavy atom. The topological polar surface area (TPSA) is 223 Å². The van der Waals surface area contributed by atoms with E-state index in [-0.39, 0.29) is 47.7 Å². The molecule has 5 N–H and O–H groups in total. The van der Waals surface area contributed by atoms with Gasteiger partial charge in [0.1, 0.15) is 22.9 Å². The molecule has 2 aliphatic rings. The number of carbonyl (C=O) groups excluding carboxylic acids is 5. The molecule has 2 aromatic carbocycles. The van der Waals surface area contributed by atoms with Gasteiger partial charge in [0, 0.05) is 60.5 Å². The molecule has 330 valence electrons. The maximum absolute atomic E-state index is 13.9. The Labute approximate surface area is 361 Å². The highest BCUT2D eigenvalue weighted by Gasteiger charge is 2.32. The van der Waals surface area contributed by atoms with E-state index in [1.54, 1.807) is 35.2 Å². The minimum Gasteiger partial charge on any atom is -0.444 e. The Balaban J connectivity index is 1.08. The number of ether oxygens (including phenoxy) is 2. The highest BCUT2D eigenvalue weighted by Crippen LogP contribution is 2.29. The highest BCUT2D eigenvalue weighted by molar-refractivity contribution is 5.98. The van der Waals surface area contributed by atoms with Gasteiger partial charge in [-0.2, -0.15) is 5.21 Å². The Bertz CT molecular complexity index is 2190. The van der Waals surface area contributed by atoms with Crippen molar-refractivity contribution in [3.05, 3.63) is 77.6 Å². The van der Waals surface area contributed by atoms with E-state index in [2.05, 4.69) is 46.9 Å². The van der Waals surface area contributed by atoms with Crippen LogP contribution < -0.4 is 21.3 Å². The SMILES string of the molecule is Cc1nc(C(=O)N[C@H]2CCN(C(=O)OC(C)(C)C)C2)ccc1-c1ccc(C[C@H](NC(=O)C2CCC(CNC(=O)OC(C)(C)C)CC2)C(=O)Nc2ccc(-c3nn[nH]n3)cc2)cc1. The average Bonchev–Trinajstić information content (AvgIpc) is 3.93. The van der Waals surface area contributed by atoms with E-state index in [4.69, 9.17) is 9.47 Å². The molecule has 4 aromatic rings. The standard InChI is InChI=1S/C45H58N10O7/c1-27-35(20-21-36(47-27)40(57)49-34-22-23-55(26-34)43(60)62-45(5,6)7)30-12-8-28(9-13-30)24-37(41(58)48-33-18-16-31(17-19-33)38-51-53-54-52-38)50-39(56)32-14-10-29(11-15-32)25-46-42(59)61-44(2,3)4/h8-9,12-13,16-21,29,32,34,37H,10-11,14-15,22-26H2,1-7H3,(H,46,59)(H,48,58)(H,49,57)(H,50,56)(H,51,52,53,54)/t29?,32?,34-,37-/m0/s1. The van der Waals surface area contributed by atoms with Crippen LogP contribution in [0.15, 0.2) is 60.7 Å². The van der Waals surface area contributed by atoms with Gasteiger partial charge in [0.05, 0.1) is 0 Å². The second-order valence-electron chi connectivity index (χ2n) is 18.1. The number of hydrogen-bond donors (Lipinski definition) is 5. The summed E-state index contributed by atoms with van der Waals surface area (Å²) in [7, 11) is 0. The maximum atomic E-state index is 13.9. The fraction of sp³-hybridized carbons (Fsp3) is 0.489. The van der Waals surface area contributed by atoms with Crippen LogP contribution in [-0.2, 0) is 25.5 Å². The normalized spacial score (nSPS) is 18.3. The lowest BCUT2D eigenvalue weighted by Gasteiger charge is -2.29. The van der Waals surface area contributed by atoms with Gasteiger partial charge < -0.3 is 35.6 Å². The first-order valence-electron chi connectivity index (χ1n) is 21.2. The monoisotopic (exact) mass is 850 g/mol.